The molecule has 0 fully saturated rings. The molecule has 0 aliphatic rings. The highest BCUT2D eigenvalue weighted by Gasteiger charge is 2.38. The number of benzene rings is 1. The van der Waals surface area contributed by atoms with Crippen molar-refractivity contribution >= 4 is 5.91 Å². The molecule has 142 valence electrons. The predicted molar refractivity (Wildman–Crippen MR) is 77.4 cm³/mol. The molecular weight excluding hydrogens is 368 g/mol. The van der Waals surface area contributed by atoms with Gasteiger partial charge in [-0.2, -0.15) is 31.4 Å². The van der Waals surface area contributed by atoms with Crippen molar-refractivity contribution in [3.8, 4) is 5.75 Å². The molecule has 2 aromatic rings. The number of amides is 1. The second-order valence-electron chi connectivity index (χ2n) is 5.29. The Balaban J connectivity index is 1.98. The maximum atomic E-state index is 12.8. The van der Waals surface area contributed by atoms with Crippen LogP contribution in [0.1, 0.15) is 21.6 Å². The first kappa shape index (κ1) is 19.6. The van der Waals surface area contributed by atoms with Gasteiger partial charge in [0.15, 0.2) is 12.3 Å². The molecule has 0 aliphatic carbocycles. The third-order valence-electron chi connectivity index (χ3n) is 3.12. The van der Waals surface area contributed by atoms with E-state index in [-0.39, 0.29) is 12.3 Å². The second-order valence-corrected chi connectivity index (χ2v) is 5.29. The molecule has 0 radical (unpaired) electrons. The van der Waals surface area contributed by atoms with Crippen molar-refractivity contribution in [2.45, 2.75) is 18.9 Å². The lowest BCUT2D eigenvalue weighted by atomic mass is 10.2. The lowest BCUT2D eigenvalue weighted by Crippen LogP contribution is -2.25. The van der Waals surface area contributed by atoms with E-state index in [1.165, 1.54) is 31.3 Å². The number of nitrogens with one attached hydrogen (secondary N) is 1. The number of rotatable bonds is 5. The number of alkyl halides is 6. The first-order valence-electron chi connectivity index (χ1n) is 7.13. The van der Waals surface area contributed by atoms with Gasteiger partial charge >= 0.3 is 12.4 Å². The van der Waals surface area contributed by atoms with Gasteiger partial charge in [0, 0.05) is 19.8 Å². The number of hydrogen-bond donors (Lipinski definition) is 1. The fourth-order valence-electron chi connectivity index (χ4n) is 2.01. The molecule has 2 rings (SSSR count). The number of aromatic nitrogens is 2. The Morgan fingerprint density at radius 1 is 1.15 bits per heavy atom. The summed E-state index contributed by atoms with van der Waals surface area (Å²) in [5, 5.41) is 5.54. The average Bonchev–Trinajstić information content (AvgIpc) is 2.93. The largest absolute Gasteiger partial charge is 0.484 e. The van der Waals surface area contributed by atoms with Gasteiger partial charge in [0.05, 0.1) is 5.56 Å². The average molecular weight is 381 g/mol. The highest BCUT2D eigenvalue weighted by atomic mass is 19.4. The van der Waals surface area contributed by atoms with E-state index in [4.69, 9.17) is 0 Å². The topological polar surface area (TPSA) is 56.2 Å². The van der Waals surface area contributed by atoms with Gasteiger partial charge in [-0.1, -0.05) is 12.1 Å². The predicted octanol–water partition coefficient (Wildman–Crippen LogP) is 3.31. The normalized spacial score (nSPS) is 12.1. The van der Waals surface area contributed by atoms with Gasteiger partial charge in [-0.3, -0.25) is 9.48 Å². The Kier molecular flexibility index (Phi) is 5.47. The molecule has 1 aromatic heterocycles. The summed E-state index contributed by atoms with van der Waals surface area (Å²) in [5.41, 5.74) is -1.45. The minimum atomic E-state index is -4.77. The van der Waals surface area contributed by atoms with Crippen molar-refractivity contribution in [3.63, 3.8) is 0 Å². The van der Waals surface area contributed by atoms with Crippen molar-refractivity contribution < 1.29 is 35.9 Å². The Hall–Kier alpha value is -2.72. The molecule has 0 spiro atoms. The number of carbonyl (C=O) groups excluding carboxylic acids is 1. The number of hydrogen-bond acceptors (Lipinski definition) is 3. The van der Waals surface area contributed by atoms with Gasteiger partial charge < -0.3 is 10.1 Å². The van der Waals surface area contributed by atoms with Crippen molar-refractivity contribution in [1.29, 1.82) is 0 Å². The van der Waals surface area contributed by atoms with Crippen LogP contribution in [0.2, 0.25) is 0 Å². The van der Waals surface area contributed by atoms with Crippen LogP contribution in [0.15, 0.2) is 30.5 Å². The molecule has 0 bridgehead atoms. The standard InChI is InChI=1S/C15H13F6N3O2/c1-24-7-11(12(23-24)15(19,20)21)13(25)22-6-9-2-4-10(5-3-9)26-8-14(16,17)18/h2-5,7H,6,8H2,1H3,(H,22,25). The van der Waals surface area contributed by atoms with Crippen LogP contribution in [0.4, 0.5) is 26.3 Å². The lowest BCUT2D eigenvalue weighted by molar-refractivity contribution is -0.153. The number of nitrogens with zero attached hydrogens (tertiary/aromatic N) is 2. The molecule has 0 atom stereocenters. The minimum absolute atomic E-state index is 0.0241. The maximum Gasteiger partial charge on any atom is 0.435 e. The summed E-state index contributed by atoms with van der Waals surface area (Å²) >= 11 is 0. The maximum absolute atomic E-state index is 12.8. The number of halogens is 6. The van der Waals surface area contributed by atoms with Crippen LogP contribution in [0.25, 0.3) is 0 Å². The quantitative estimate of drug-likeness (QED) is 0.809. The molecule has 26 heavy (non-hydrogen) atoms. The highest BCUT2D eigenvalue weighted by Crippen LogP contribution is 2.30. The van der Waals surface area contributed by atoms with Crippen molar-refractivity contribution in [1.82, 2.24) is 15.1 Å². The monoisotopic (exact) mass is 381 g/mol. The van der Waals surface area contributed by atoms with Crippen molar-refractivity contribution in [3.05, 3.63) is 47.3 Å². The van der Waals surface area contributed by atoms with E-state index in [2.05, 4.69) is 15.2 Å². The van der Waals surface area contributed by atoms with Gasteiger partial charge in [-0.25, -0.2) is 0 Å². The molecule has 1 N–H and O–H groups in total. The van der Waals surface area contributed by atoms with Crippen LogP contribution in [0, 0.1) is 0 Å². The van der Waals surface area contributed by atoms with Gasteiger partial charge in [0.25, 0.3) is 5.91 Å². The third kappa shape index (κ3) is 5.39. The van der Waals surface area contributed by atoms with Gasteiger partial charge in [0.1, 0.15) is 5.75 Å². The minimum Gasteiger partial charge on any atom is -0.484 e. The molecule has 0 unspecified atom stereocenters. The molecule has 1 heterocycles. The van der Waals surface area contributed by atoms with E-state index in [0.29, 0.717) is 5.56 Å². The fourth-order valence-corrected chi connectivity index (χ4v) is 2.01. The summed E-state index contributed by atoms with van der Waals surface area (Å²) < 4.78 is 80.1. The molecule has 0 saturated heterocycles. The van der Waals surface area contributed by atoms with E-state index in [1.54, 1.807) is 0 Å². The summed E-state index contributed by atoms with van der Waals surface area (Å²) in [7, 11) is 1.26. The van der Waals surface area contributed by atoms with E-state index < -0.39 is 36.1 Å². The summed E-state index contributed by atoms with van der Waals surface area (Å²) in [6.45, 7) is -1.56. The van der Waals surface area contributed by atoms with Crippen molar-refractivity contribution in [2.75, 3.05) is 6.61 Å². The van der Waals surface area contributed by atoms with E-state index in [1.807, 2.05) is 0 Å². The second kappa shape index (κ2) is 7.26. The zero-order chi connectivity index (χ0) is 19.5. The summed E-state index contributed by atoms with van der Waals surface area (Å²) in [4.78, 5) is 12.0. The number of ether oxygens (including phenoxy) is 1. The van der Waals surface area contributed by atoms with Gasteiger partial charge in [-0.15, -0.1) is 0 Å². The lowest BCUT2D eigenvalue weighted by Gasteiger charge is -2.10. The zero-order valence-electron chi connectivity index (χ0n) is 13.3. The molecular formula is C15H13F6N3O2. The van der Waals surface area contributed by atoms with E-state index in [0.717, 1.165) is 10.9 Å². The Morgan fingerprint density at radius 3 is 2.31 bits per heavy atom. The summed E-state index contributed by atoms with van der Waals surface area (Å²) in [6, 6.07) is 5.30. The molecule has 0 aliphatic heterocycles. The van der Waals surface area contributed by atoms with E-state index in [9.17, 15) is 31.1 Å². The van der Waals surface area contributed by atoms with Crippen LogP contribution in [-0.4, -0.2) is 28.5 Å². The molecule has 5 nitrogen and oxygen atoms in total. The zero-order valence-corrected chi connectivity index (χ0v) is 13.3. The van der Waals surface area contributed by atoms with Crippen LogP contribution in [-0.2, 0) is 19.8 Å². The SMILES string of the molecule is Cn1cc(C(=O)NCc2ccc(OCC(F)(F)F)cc2)c(C(F)(F)F)n1. The first-order valence-corrected chi connectivity index (χ1v) is 7.13. The van der Waals surface area contributed by atoms with Crippen LogP contribution in [0.3, 0.4) is 0 Å². The number of carbonyl (C=O) groups is 1. The Labute approximate surface area is 143 Å². The number of aryl methyl sites for hydroxylation is 1. The van der Waals surface area contributed by atoms with E-state index >= 15 is 0 Å². The first-order chi connectivity index (χ1) is 12.0. The van der Waals surface area contributed by atoms with Crippen LogP contribution < -0.4 is 10.1 Å². The molecule has 11 heteroatoms. The van der Waals surface area contributed by atoms with Gasteiger partial charge in [0.2, 0.25) is 0 Å². The van der Waals surface area contributed by atoms with Crippen LogP contribution >= 0.6 is 0 Å². The smallest absolute Gasteiger partial charge is 0.435 e. The van der Waals surface area contributed by atoms with Gasteiger partial charge in [-0.05, 0) is 17.7 Å². The van der Waals surface area contributed by atoms with Crippen molar-refractivity contribution in [2.24, 2.45) is 7.05 Å². The summed E-state index contributed by atoms with van der Waals surface area (Å²) in [6.07, 6.45) is -8.29. The molecule has 0 saturated carbocycles. The molecule has 1 amide bonds. The third-order valence-corrected chi connectivity index (χ3v) is 3.12. The van der Waals surface area contributed by atoms with Crippen LogP contribution in [0.5, 0.6) is 5.75 Å². The Morgan fingerprint density at radius 2 is 1.77 bits per heavy atom. The highest BCUT2D eigenvalue weighted by molar-refractivity contribution is 5.95. The summed E-state index contributed by atoms with van der Waals surface area (Å²) in [5.74, 6) is -0.994. The molecule has 1 aromatic carbocycles. The fraction of sp³-hybridized carbons (Fsp3) is 0.333. The Bertz CT molecular complexity index is 765.